The number of anilines is 3. The molecule has 8 heterocycles. The number of pyridine rings is 1. The number of imide groups is 2. The SMILES string of the molecule is CC(=O)N1CCc2c(c(N3CCCc4cc(-c5cc6nccn6cc5C(=O)NCCNc5ccc6c(c5)C(=O)N(C5CCC(=O)NC5=O)C6=O)c(C(F)F)cc43)nn2C2CCOCC2)C1. The lowest BCUT2D eigenvalue weighted by atomic mass is 9.90. The Morgan fingerprint density at radius 3 is 2.52 bits per heavy atom. The number of aromatic nitrogens is 4. The number of fused-ring (bicyclic) bond motifs is 4. The van der Waals surface area contributed by atoms with E-state index in [0.717, 1.165) is 41.0 Å². The summed E-state index contributed by atoms with van der Waals surface area (Å²) in [7, 11) is 0. The number of alkyl halides is 2. The van der Waals surface area contributed by atoms with E-state index in [2.05, 4.69) is 25.6 Å². The van der Waals surface area contributed by atoms with Crippen molar-refractivity contribution in [1.29, 1.82) is 0 Å². The molecule has 0 saturated carbocycles. The van der Waals surface area contributed by atoms with Crippen molar-refractivity contribution >= 4 is 58.3 Å². The summed E-state index contributed by atoms with van der Waals surface area (Å²) in [6.45, 7) is 4.61. The van der Waals surface area contributed by atoms with Gasteiger partial charge in [0.25, 0.3) is 24.1 Å². The van der Waals surface area contributed by atoms with E-state index < -0.39 is 42.0 Å². The first-order chi connectivity index (χ1) is 31.4. The van der Waals surface area contributed by atoms with Gasteiger partial charge in [0.05, 0.1) is 29.3 Å². The molecule has 19 heteroatoms. The Morgan fingerprint density at radius 1 is 0.923 bits per heavy atom. The number of imidazole rings is 1. The van der Waals surface area contributed by atoms with Gasteiger partial charge in [0.1, 0.15) is 11.7 Å². The minimum atomic E-state index is -2.90. The molecule has 17 nitrogen and oxygen atoms in total. The maximum atomic E-state index is 15.4. The molecule has 2 fully saturated rings. The predicted molar refractivity (Wildman–Crippen MR) is 231 cm³/mol. The molecule has 0 spiro atoms. The molecule has 5 aliphatic heterocycles. The second-order valence-corrected chi connectivity index (χ2v) is 17.0. The number of nitrogens with one attached hydrogen (secondary N) is 3. The van der Waals surface area contributed by atoms with Crippen molar-refractivity contribution in [3.05, 3.63) is 94.1 Å². The summed E-state index contributed by atoms with van der Waals surface area (Å²) < 4.78 is 40.3. The number of ether oxygens (including phenoxy) is 1. The fourth-order valence-corrected chi connectivity index (χ4v) is 9.85. The number of amides is 6. The number of hydrogen-bond donors (Lipinski definition) is 3. The summed E-state index contributed by atoms with van der Waals surface area (Å²) in [6, 6.07) is 8.59. The van der Waals surface area contributed by atoms with Crippen LogP contribution in [0.25, 0.3) is 16.8 Å². The molecule has 2 saturated heterocycles. The number of halogens is 2. The number of carbonyl (C=O) groups is 6. The van der Waals surface area contributed by atoms with Crippen molar-refractivity contribution in [2.24, 2.45) is 0 Å². The van der Waals surface area contributed by atoms with E-state index in [1.54, 1.807) is 53.0 Å². The smallest absolute Gasteiger partial charge is 0.264 e. The zero-order valence-corrected chi connectivity index (χ0v) is 35.6. The molecule has 10 rings (SSSR count). The van der Waals surface area contributed by atoms with E-state index in [-0.39, 0.29) is 65.7 Å². The number of hydrogen-bond acceptors (Lipinski definition) is 11. The number of nitrogens with zero attached hydrogens (tertiary/aromatic N) is 7. The van der Waals surface area contributed by atoms with Gasteiger partial charge in [-0.15, -0.1) is 0 Å². The van der Waals surface area contributed by atoms with Gasteiger partial charge in [0.2, 0.25) is 17.7 Å². The molecule has 336 valence electrons. The zero-order chi connectivity index (χ0) is 45.1. The van der Waals surface area contributed by atoms with E-state index in [1.165, 1.54) is 18.2 Å². The maximum Gasteiger partial charge on any atom is 0.264 e. The Hall–Kier alpha value is -7.02. The summed E-state index contributed by atoms with van der Waals surface area (Å²) in [4.78, 5) is 86.4. The van der Waals surface area contributed by atoms with E-state index >= 15 is 8.78 Å². The number of piperidine rings is 1. The van der Waals surface area contributed by atoms with Crippen molar-refractivity contribution in [1.82, 2.24) is 39.6 Å². The minimum Gasteiger partial charge on any atom is -0.383 e. The molecule has 5 aromatic rings. The van der Waals surface area contributed by atoms with Gasteiger partial charge in [-0.3, -0.25) is 43.7 Å². The van der Waals surface area contributed by atoms with Crippen LogP contribution >= 0.6 is 0 Å². The molecule has 1 unspecified atom stereocenters. The van der Waals surface area contributed by atoms with Gasteiger partial charge in [0, 0.05) is 112 Å². The third-order valence-corrected chi connectivity index (χ3v) is 13.2. The molecule has 65 heavy (non-hydrogen) atoms. The molecule has 0 bridgehead atoms. The van der Waals surface area contributed by atoms with Crippen LogP contribution in [0.1, 0.15) is 105 Å². The van der Waals surface area contributed by atoms with E-state index in [1.807, 2.05) is 4.90 Å². The minimum absolute atomic E-state index is 0.00968. The zero-order valence-electron chi connectivity index (χ0n) is 35.6. The monoisotopic (exact) mass is 888 g/mol. The summed E-state index contributed by atoms with van der Waals surface area (Å²) in [5.74, 6) is -2.28. The number of carbonyl (C=O) groups excluding carboxylic acids is 6. The Kier molecular flexibility index (Phi) is 10.9. The molecule has 0 aliphatic carbocycles. The first kappa shape index (κ1) is 42.0. The van der Waals surface area contributed by atoms with Crippen LogP contribution in [-0.4, -0.2) is 110 Å². The highest BCUT2D eigenvalue weighted by molar-refractivity contribution is 6.23. The topological polar surface area (TPSA) is 193 Å². The highest BCUT2D eigenvalue weighted by atomic mass is 19.3. The highest BCUT2D eigenvalue weighted by Gasteiger charge is 2.45. The predicted octanol–water partition coefficient (Wildman–Crippen LogP) is 4.72. The van der Waals surface area contributed by atoms with Gasteiger partial charge in [0.15, 0.2) is 5.82 Å². The molecular formula is C46H46F2N10O7. The third-order valence-electron chi connectivity index (χ3n) is 13.2. The fourth-order valence-electron chi connectivity index (χ4n) is 9.85. The first-order valence-electron chi connectivity index (χ1n) is 22.0. The van der Waals surface area contributed by atoms with Gasteiger partial charge in [-0.25, -0.2) is 13.8 Å². The fraction of sp³-hybridized carbons (Fsp3) is 0.391. The standard InChI is InChI=1S/C46H46F2N10O7/c1-25(59)54-15-8-36-35(24-54)42(53-58(36)28-9-17-65-18-10-28)56-14-2-3-26-19-30(32(41(47)48)21-38(26)56)31-22-39-50-13-16-55(39)23-34(31)43(61)51-12-11-49-27-4-5-29-33(20-27)46(64)57(45(29)63)37-6-7-40(60)52-44(37)62/h4-5,13,16,19-23,28,37,41,49H,2-3,6-12,14-15,17-18,24H2,1H3,(H,51,61)(H,52,60,62). The van der Waals surface area contributed by atoms with Crippen molar-refractivity contribution in [3.8, 4) is 11.1 Å². The van der Waals surface area contributed by atoms with Gasteiger partial charge < -0.3 is 29.6 Å². The first-order valence-corrected chi connectivity index (χ1v) is 22.0. The van der Waals surface area contributed by atoms with E-state index in [9.17, 15) is 28.8 Å². The molecule has 6 amide bonds. The summed E-state index contributed by atoms with van der Waals surface area (Å²) >= 11 is 0. The normalized spacial score (nSPS) is 18.8. The van der Waals surface area contributed by atoms with Gasteiger partial charge in [-0.1, -0.05) is 0 Å². The van der Waals surface area contributed by atoms with Crippen LogP contribution in [0.15, 0.2) is 55.0 Å². The molecule has 0 radical (unpaired) electrons. The average molecular weight is 889 g/mol. The number of rotatable bonds is 10. The second kappa shape index (κ2) is 16.8. The molecule has 5 aliphatic rings. The van der Waals surface area contributed by atoms with Gasteiger partial charge in [-0.2, -0.15) is 5.10 Å². The Labute approximate surface area is 371 Å². The lowest BCUT2D eigenvalue weighted by Crippen LogP contribution is -2.54. The second-order valence-electron chi connectivity index (χ2n) is 17.0. The Bertz CT molecular complexity index is 2810. The van der Waals surface area contributed by atoms with Crippen LogP contribution in [-0.2, 0) is 38.5 Å². The van der Waals surface area contributed by atoms with Gasteiger partial charge >= 0.3 is 0 Å². The summed E-state index contributed by atoms with van der Waals surface area (Å²) in [5, 5.41) is 13.4. The lowest BCUT2D eigenvalue weighted by Gasteiger charge is -2.33. The summed E-state index contributed by atoms with van der Waals surface area (Å²) in [5.41, 5.74) is 5.09. The van der Waals surface area contributed by atoms with Crippen LogP contribution in [0.2, 0.25) is 0 Å². The Balaban J connectivity index is 0.910. The van der Waals surface area contributed by atoms with Crippen LogP contribution in [0.5, 0.6) is 0 Å². The molecule has 3 aromatic heterocycles. The van der Waals surface area contributed by atoms with E-state index in [4.69, 9.17) is 9.84 Å². The quantitative estimate of drug-likeness (QED) is 0.130. The largest absolute Gasteiger partial charge is 0.383 e. The van der Waals surface area contributed by atoms with Gasteiger partial charge in [-0.05, 0) is 79.6 Å². The third kappa shape index (κ3) is 7.56. The van der Waals surface area contributed by atoms with Crippen molar-refractivity contribution in [2.75, 3.05) is 49.6 Å². The van der Waals surface area contributed by atoms with Crippen LogP contribution < -0.4 is 20.9 Å². The van der Waals surface area contributed by atoms with Crippen molar-refractivity contribution < 1.29 is 42.3 Å². The number of benzene rings is 2. The molecule has 2 aromatic carbocycles. The number of aryl methyl sites for hydroxylation is 1. The molecule has 3 N–H and O–H groups in total. The van der Waals surface area contributed by atoms with Crippen LogP contribution in [0.4, 0.5) is 26.0 Å². The lowest BCUT2D eigenvalue weighted by molar-refractivity contribution is -0.136. The molecular weight excluding hydrogens is 843 g/mol. The highest BCUT2D eigenvalue weighted by Crippen LogP contribution is 2.44. The van der Waals surface area contributed by atoms with Crippen LogP contribution in [0, 0.1) is 0 Å². The Morgan fingerprint density at radius 2 is 1.74 bits per heavy atom. The maximum absolute atomic E-state index is 15.4. The summed E-state index contributed by atoms with van der Waals surface area (Å²) in [6.07, 6.45) is 5.56. The average Bonchev–Trinajstić information content (AvgIpc) is 4.00. The van der Waals surface area contributed by atoms with E-state index in [0.29, 0.717) is 74.1 Å². The van der Waals surface area contributed by atoms with Crippen LogP contribution in [0.3, 0.4) is 0 Å². The van der Waals surface area contributed by atoms with Crippen molar-refractivity contribution in [2.45, 2.75) is 76.9 Å². The van der Waals surface area contributed by atoms with Crippen molar-refractivity contribution in [3.63, 3.8) is 0 Å². The molecule has 1 atom stereocenters.